The van der Waals surface area contributed by atoms with Crippen LogP contribution >= 0.6 is 7.37 Å². The molecule has 0 saturated carbocycles. The molecule has 0 saturated heterocycles. The van der Waals surface area contributed by atoms with Crippen LogP contribution in [0.5, 0.6) is 0 Å². The Bertz CT molecular complexity index is 362. The molecule has 17 heavy (non-hydrogen) atoms. The van der Waals surface area contributed by atoms with Crippen LogP contribution in [-0.4, -0.2) is 10.6 Å². The van der Waals surface area contributed by atoms with E-state index in [9.17, 15) is 9.46 Å². The molecule has 2 atom stereocenters. The molecule has 0 fully saturated rings. The Morgan fingerprint density at radius 1 is 1.18 bits per heavy atom. The van der Waals surface area contributed by atoms with Crippen molar-refractivity contribution in [2.75, 3.05) is 0 Å². The van der Waals surface area contributed by atoms with Crippen molar-refractivity contribution in [1.82, 2.24) is 0 Å². The van der Waals surface area contributed by atoms with Crippen LogP contribution in [0, 0.1) is 0 Å². The van der Waals surface area contributed by atoms with Crippen LogP contribution in [0.2, 0.25) is 0 Å². The summed E-state index contributed by atoms with van der Waals surface area (Å²) >= 11 is 0. The number of benzene rings is 1. The van der Waals surface area contributed by atoms with Crippen molar-refractivity contribution in [1.29, 1.82) is 0 Å². The highest BCUT2D eigenvalue weighted by Crippen LogP contribution is 2.46. The molecule has 0 bridgehead atoms. The molecule has 1 unspecified atom stereocenters. The highest BCUT2D eigenvalue weighted by molar-refractivity contribution is 7.66. The summed E-state index contributed by atoms with van der Waals surface area (Å²) in [5, 5.41) is 0.586. The SMILES string of the molecule is CCCCCC[C@@H](C)P(=O)(O)c1ccccc1. The minimum atomic E-state index is -3.18. The first-order valence-corrected chi connectivity index (χ1v) is 8.20. The van der Waals surface area contributed by atoms with Crippen molar-refractivity contribution < 1.29 is 9.46 Å². The molecule has 0 heterocycles. The summed E-state index contributed by atoms with van der Waals surface area (Å²) in [7, 11) is -3.18. The predicted octanol–water partition coefficient (Wildman–Crippen LogP) is 3.94. The average molecular weight is 254 g/mol. The lowest BCUT2D eigenvalue weighted by Gasteiger charge is -2.19. The lowest BCUT2D eigenvalue weighted by atomic mass is 10.1. The topological polar surface area (TPSA) is 37.3 Å². The Morgan fingerprint density at radius 2 is 1.82 bits per heavy atom. The minimum Gasteiger partial charge on any atom is -0.341 e. The molecule has 0 radical (unpaired) electrons. The van der Waals surface area contributed by atoms with E-state index in [0.717, 1.165) is 19.3 Å². The van der Waals surface area contributed by atoms with Crippen LogP contribution in [0.4, 0.5) is 0 Å². The molecule has 0 aromatic heterocycles. The van der Waals surface area contributed by atoms with E-state index in [1.54, 1.807) is 12.1 Å². The highest BCUT2D eigenvalue weighted by atomic mass is 31.2. The lowest BCUT2D eigenvalue weighted by Crippen LogP contribution is -2.14. The normalized spacial score (nSPS) is 16.4. The van der Waals surface area contributed by atoms with E-state index >= 15 is 0 Å². The molecule has 1 N–H and O–H groups in total. The fraction of sp³-hybridized carbons (Fsp3) is 0.571. The van der Waals surface area contributed by atoms with E-state index in [1.807, 2.05) is 25.1 Å². The summed E-state index contributed by atoms with van der Waals surface area (Å²) in [6.07, 6.45) is 5.46. The zero-order valence-corrected chi connectivity index (χ0v) is 11.7. The summed E-state index contributed by atoms with van der Waals surface area (Å²) in [6, 6.07) is 9.02. The van der Waals surface area contributed by atoms with Crippen molar-refractivity contribution >= 4 is 12.7 Å². The smallest absolute Gasteiger partial charge is 0.232 e. The van der Waals surface area contributed by atoms with Gasteiger partial charge in [0.1, 0.15) is 0 Å². The van der Waals surface area contributed by atoms with Crippen LogP contribution < -0.4 is 5.30 Å². The molecule has 0 spiro atoms. The molecular formula is C14H23O2P. The molecule has 0 amide bonds. The van der Waals surface area contributed by atoms with Gasteiger partial charge in [-0.1, -0.05) is 57.7 Å². The minimum absolute atomic E-state index is 0.137. The number of rotatable bonds is 7. The third kappa shape index (κ3) is 4.29. The van der Waals surface area contributed by atoms with Gasteiger partial charge in [-0.05, 0) is 18.6 Å². The first-order valence-electron chi connectivity index (χ1n) is 6.47. The Balaban J connectivity index is 2.55. The molecular weight excluding hydrogens is 231 g/mol. The second-order valence-corrected chi connectivity index (χ2v) is 7.30. The standard InChI is InChI=1S/C14H23O2P/c1-3-4-5-7-10-13(2)17(15,16)14-11-8-6-9-12-14/h6,8-9,11-13H,3-5,7,10H2,1-2H3,(H,15,16)/t13-/m1/s1. The van der Waals surface area contributed by atoms with Gasteiger partial charge in [-0.15, -0.1) is 0 Å². The summed E-state index contributed by atoms with van der Waals surface area (Å²) in [5.74, 6) is 0. The first kappa shape index (κ1) is 14.5. The quantitative estimate of drug-likeness (QED) is 0.591. The maximum Gasteiger partial charge on any atom is 0.232 e. The molecule has 96 valence electrons. The molecule has 1 rings (SSSR count). The van der Waals surface area contributed by atoms with E-state index in [4.69, 9.17) is 0 Å². The Labute approximate surface area is 105 Å². The second-order valence-electron chi connectivity index (χ2n) is 4.66. The van der Waals surface area contributed by atoms with Crippen LogP contribution in [0.15, 0.2) is 30.3 Å². The number of hydrogen-bond donors (Lipinski definition) is 1. The van der Waals surface area contributed by atoms with Gasteiger partial charge < -0.3 is 4.89 Å². The van der Waals surface area contributed by atoms with Crippen molar-refractivity contribution in [2.45, 2.75) is 51.6 Å². The second kappa shape index (κ2) is 6.98. The van der Waals surface area contributed by atoms with Gasteiger partial charge in [0.25, 0.3) is 0 Å². The fourth-order valence-electron chi connectivity index (χ4n) is 1.94. The van der Waals surface area contributed by atoms with Crippen molar-refractivity contribution in [3.05, 3.63) is 30.3 Å². The van der Waals surface area contributed by atoms with Crippen LogP contribution in [0.3, 0.4) is 0 Å². The van der Waals surface area contributed by atoms with Crippen LogP contribution in [0.1, 0.15) is 46.0 Å². The molecule has 0 aliphatic heterocycles. The Hall–Kier alpha value is -0.590. The van der Waals surface area contributed by atoms with E-state index in [1.165, 1.54) is 12.8 Å². The van der Waals surface area contributed by atoms with E-state index in [2.05, 4.69) is 6.92 Å². The zero-order chi connectivity index (χ0) is 12.7. The Morgan fingerprint density at radius 3 is 2.41 bits per heavy atom. The number of unbranched alkanes of at least 4 members (excludes halogenated alkanes) is 3. The van der Waals surface area contributed by atoms with E-state index in [0.29, 0.717) is 5.30 Å². The maximum absolute atomic E-state index is 12.3. The van der Waals surface area contributed by atoms with Gasteiger partial charge >= 0.3 is 0 Å². The van der Waals surface area contributed by atoms with Crippen LogP contribution in [-0.2, 0) is 4.57 Å². The van der Waals surface area contributed by atoms with Gasteiger partial charge in [-0.2, -0.15) is 0 Å². The van der Waals surface area contributed by atoms with Gasteiger partial charge in [-0.25, -0.2) is 0 Å². The molecule has 3 heteroatoms. The van der Waals surface area contributed by atoms with Gasteiger partial charge in [0.2, 0.25) is 7.37 Å². The van der Waals surface area contributed by atoms with E-state index in [-0.39, 0.29) is 5.66 Å². The molecule has 2 nitrogen and oxygen atoms in total. The van der Waals surface area contributed by atoms with Crippen molar-refractivity contribution in [2.24, 2.45) is 0 Å². The predicted molar refractivity (Wildman–Crippen MR) is 74.1 cm³/mol. The fourth-order valence-corrected chi connectivity index (χ4v) is 3.58. The first-order chi connectivity index (χ1) is 8.09. The van der Waals surface area contributed by atoms with E-state index < -0.39 is 7.37 Å². The summed E-state index contributed by atoms with van der Waals surface area (Å²) < 4.78 is 12.3. The Kier molecular flexibility index (Phi) is 5.94. The average Bonchev–Trinajstić information content (AvgIpc) is 2.35. The highest BCUT2D eigenvalue weighted by Gasteiger charge is 2.28. The summed E-state index contributed by atoms with van der Waals surface area (Å²) in [5.41, 5.74) is -0.137. The monoisotopic (exact) mass is 254 g/mol. The zero-order valence-electron chi connectivity index (χ0n) is 10.8. The van der Waals surface area contributed by atoms with Gasteiger partial charge in [0, 0.05) is 11.0 Å². The third-order valence-electron chi connectivity index (χ3n) is 3.20. The molecule has 1 aromatic carbocycles. The number of hydrogen-bond acceptors (Lipinski definition) is 1. The summed E-state index contributed by atoms with van der Waals surface area (Å²) in [6.45, 7) is 4.06. The van der Waals surface area contributed by atoms with Crippen LogP contribution in [0.25, 0.3) is 0 Å². The lowest BCUT2D eigenvalue weighted by molar-refractivity contribution is 0.469. The third-order valence-corrected chi connectivity index (χ3v) is 5.69. The molecule has 1 aromatic rings. The van der Waals surface area contributed by atoms with Gasteiger partial charge in [0.05, 0.1) is 0 Å². The van der Waals surface area contributed by atoms with Crippen molar-refractivity contribution in [3.63, 3.8) is 0 Å². The largest absolute Gasteiger partial charge is 0.341 e. The molecule has 0 aliphatic rings. The van der Waals surface area contributed by atoms with Gasteiger partial charge in [0.15, 0.2) is 0 Å². The maximum atomic E-state index is 12.3. The van der Waals surface area contributed by atoms with Crippen molar-refractivity contribution in [3.8, 4) is 0 Å². The molecule has 0 aliphatic carbocycles. The van der Waals surface area contributed by atoms with Gasteiger partial charge in [-0.3, -0.25) is 4.57 Å². The summed E-state index contributed by atoms with van der Waals surface area (Å²) in [4.78, 5) is 10.2.